The molecule has 0 saturated carbocycles. The van der Waals surface area contributed by atoms with Gasteiger partial charge in [-0.3, -0.25) is 0 Å². The maximum absolute atomic E-state index is 9.80. The average Bonchev–Trinajstić information content (AvgIpc) is 2.79. The van der Waals surface area contributed by atoms with Gasteiger partial charge >= 0.3 is 0 Å². The van der Waals surface area contributed by atoms with Crippen LogP contribution in [0.3, 0.4) is 0 Å². The van der Waals surface area contributed by atoms with Gasteiger partial charge in [0.05, 0.1) is 22.9 Å². The highest BCUT2D eigenvalue weighted by Crippen LogP contribution is 2.37. The van der Waals surface area contributed by atoms with Gasteiger partial charge in [0, 0.05) is 45.0 Å². The van der Waals surface area contributed by atoms with Crippen molar-refractivity contribution in [3.8, 4) is 12.1 Å². The topological polar surface area (TPSA) is 57.3 Å². The molecule has 0 spiro atoms. The van der Waals surface area contributed by atoms with Crippen LogP contribution in [0.5, 0.6) is 0 Å². The number of nitrogens with zero attached hydrogens (tertiary/aromatic N) is 5. The highest BCUT2D eigenvalue weighted by Gasteiger charge is 2.26. The molecule has 2 aliphatic heterocycles. The lowest BCUT2D eigenvalue weighted by molar-refractivity contribution is 0.312. The first-order chi connectivity index (χ1) is 15.0. The summed E-state index contributed by atoms with van der Waals surface area (Å²) in [5.41, 5.74) is 7.56. The molecule has 0 atom stereocenters. The number of piperazine rings is 1. The molecular weight excluding hydrogens is 382 g/mol. The molecule has 2 fully saturated rings. The van der Waals surface area contributed by atoms with E-state index < -0.39 is 0 Å². The zero-order valence-electron chi connectivity index (χ0n) is 18.9. The summed E-state index contributed by atoms with van der Waals surface area (Å²) in [5, 5.41) is 19.0. The van der Waals surface area contributed by atoms with Crippen LogP contribution in [0.15, 0.2) is 30.3 Å². The van der Waals surface area contributed by atoms with E-state index in [-0.39, 0.29) is 0 Å². The summed E-state index contributed by atoms with van der Waals surface area (Å²) in [7, 11) is 2.17. The Bertz CT molecular complexity index is 1030. The summed E-state index contributed by atoms with van der Waals surface area (Å²) in [6.07, 6.45) is 2.13. The highest BCUT2D eigenvalue weighted by atomic mass is 15.3. The molecule has 5 heteroatoms. The quantitative estimate of drug-likeness (QED) is 0.755. The summed E-state index contributed by atoms with van der Waals surface area (Å²) in [5.74, 6) is 0.509. The van der Waals surface area contributed by atoms with Crippen molar-refractivity contribution in [3.05, 3.63) is 58.1 Å². The lowest BCUT2D eigenvalue weighted by atomic mass is 9.87. The average molecular weight is 414 g/mol. The summed E-state index contributed by atoms with van der Waals surface area (Å²) in [4.78, 5) is 7.25. The van der Waals surface area contributed by atoms with Crippen molar-refractivity contribution in [2.45, 2.75) is 32.6 Å². The summed E-state index contributed by atoms with van der Waals surface area (Å²) in [6, 6.07) is 15.1. The maximum atomic E-state index is 9.80. The van der Waals surface area contributed by atoms with E-state index in [0.29, 0.717) is 5.92 Å². The second-order valence-corrected chi connectivity index (χ2v) is 8.96. The van der Waals surface area contributed by atoms with Gasteiger partial charge in [0.2, 0.25) is 0 Å². The van der Waals surface area contributed by atoms with E-state index in [0.717, 1.165) is 74.5 Å². The number of nitriles is 2. The number of anilines is 2. The zero-order valence-corrected chi connectivity index (χ0v) is 18.9. The van der Waals surface area contributed by atoms with Crippen LogP contribution in [0, 0.1) is 36.5 Å². The Hall–Kier alpha value is -3.02. The van der Waals surface area contributed by atoms with E-state index in [4.69, 9.17) is 0 Å². The smallest absolute Gasteiger partial charge is 0.101 e. The molecule has 2 saturated heterocycles. The van der Waals surface area contributed by atoms with Crippen molar-refractivity contribution in [3.63, 3.8) is 0 Å². The lowest BCUT2D eigenvalue weighted by Gasteiger charge is -2.38. The molecule has 5 nitrogen and oxygen atoms in total. The van der Waals surface area contributed by atoms with E-state index in [1.807, 2.05) is 19.1 Å². The van der Waals surface area contributed by atoms with Gasteiger partial charge < -0.3 is 14.7 Å². The first-order valence-electron chi connectivity index (χ1n) is 11.2. The minimum absolute atomic E-state index is 0.509. The molecule has 0 unspecified atom stereocenters. The van der Waals surface area contributed by atoms with Crippen LogP contribution in [-0.2, 0) is 0 Å². The molecule has 31 heavy (non-hydrogen) atoms. The third kappa shape index (κ3) is 4.24. The maximum Gasteiger partial charge on any atom is 0.101 e. The Balaban J connectivity index is 1.54. The number of hydrogen-bond donors (Lipinski definition) is 0. The Morgan fingerprint density at radius 2 is 1.45 bits per heavy atom. The molecule has 2 aromatic carbocycles. The molecular formula is C26H31N5. The molecule has 0 bridgehead atoms. The van der Waals surface area contributed by atoms with Crippen LogP contribution >= 0.6 is 0 Å². The number of rotatable bonds is 3. The molecule has 2 aromatic rings. The fourth-order valence-electron chi connectivity index (χ4n) is 5.08. The van der Waals surface area contributed by atoms with Crippen LogP contribution in [0.25, 0.3) is 0 Å². The summed E-state index contributed by atoms with van der Waals surface area (Å²) < 4.78 is 0. The van der Waals surface area contributed by atoms with Gasteiger partial charge in [-0.25, -0.2) is 0 Å². The molecule has 0 aromatic heterocycles. The number of likely N-dealkylation sites (N-methyl/N-ethyl adjacent to an activating group) is 1. The van der Waals surface area contributed by atoms with Gasteiger partial charge in [0.1, 0.15) is 6.07 Å². The molecule has 0 radical (unpaired) electrons. The van der Waals surface area contributed by atoms with E-state index in [9.17, 15) is 10.5 Å². The zero-order chi connectivity index (χ0) is 22.0. The number of piperidine rings is 1. The highest BCUT2D eigenvalue weighted by molar-refractivity contribution is 5.74. The van der Waals surface area contributed by atoms with E-state index in [2.05, 4.69) is 59.0 Å². The fourth-order valence-corrected chi connectivity index (χ4v) is 5.08. The molecule has 160 valence electrons. The van der Waals surface area contributed by atoms with E-state index >= 15 is 0 Å². The van der Waals surface area contributed by atoms with E-state index in [1.54, 1.807) is 0 Å². The molecule has 2 aliphatic rings. The van der Waals surface area contributed by atoms with Crippen molar-refractivity contribution in [2.75, 3.05) is 56.1 Å². The minimum atomic E-state index is 0.509. The first-order valence-corrected chi connectivity index (χ1v) is 11.2. The summed E-state index contributed by atoms with van der Waals surface area (Å²) in [6.45, 7) is 10.3. The van der Waals surface area contributed by atoms with Gasteiger partial charge in [0.15, 0.2) is 0 Å². The normalized spacial score (nSPS) is 18.0. The molecule has 4 rings (SSSR count). The van der Waals surface area contributed by atoms with Crippen LogP contribution in [-0.4, -0.2) is 51.2 Å². The van der Waals surface area contributed by atoms with Gasteiger partial charge in [-0.15, -0.1) is 0 Å². The Labute approximate surface area is 186 Å². The first kappa shape index (κ1) is 21.2. The Morgan fingerprint density at radius 1 is 0.806 bits per heavy atom. The number of benzene rings is 2. The van der Waals surface area contributed by atoms with Crippen molar-refractivity contribution >= 4 is 11.4 Å². The minimum Gasteiger partial charge on any atom is -0.370 e. The van der Waals surface area contributed by atoms with E-state index in [1.165, 1.54) is 16.8 Å². The molecule has 0 aliphatic carbocycles. The van der Waals surface area contributed by atoms with Gasteiger partial charge in [-0.05, 0) is 74.5 Å². The third-order valence-corrected chi connectivity index (χ3v) is 7.02. The lowest BCUT2D eigenvalue weighted by Crippen LogP contribution is -2.45. The van der Waals surface area contributed by atoms with Gasteiger partial charge in [-0.1, -0.05) is 12.1 Å². The molecule has 0 amide bonds. The number of aryl methyl sites for hydroxylation is 1. The Kier molecular flexibility index (Phi) is 6.16. The van der Waals surface area contributed by atoms with Crippen LogP contribution in [0.1, 0.15) is 46.6 Å². The SMILES string of the molecule is Cc1cc(C2CCN(c3c(C#N)ccc(N4CCN(C)CC4)c3C)CC2)ccc1C#N. The van der Waals surface area contributed by atoms with Crippen molar-refractivity contribution in [2.24, 2.45) is 0 Å². The second-order valence-electron chi connectivity index (χ2n) is 8.96. The predicted octanol–water partition coefficient (Wildman–Crippen LogP) is 4.18. The Morgan fingerprint density at radius 3 is 2.06 bits per heavy atom. The van der Waals surface area contributed by atoms with Crippen molar-refractivity contribution < 1.29 is 0 Å². The molecule has 2 heterocycles. The fraction of sp³-hybridized carbons (Fsp3) is 0.462. The predicted molar refractivity (Wildman–Crippen MR) is 126 cm³/mol. The van der Waals surface area contributed by atoms with Crippen LogP contribution in [0.2, 0.25) is 0 Å². The number of hydrogen-bond acceptors (Lipinski definition) is 5. The van der Waals surface area contributed by atoms with Crippen LogP contribution in [0.4, 0.5) is 11.4 Å². The molecule has 0 N–H and O–H groups in total. The third-order valence-electron chi connectivity index (χ3n) is 7.02. The van der Waals surface area contributed by atoms with Gasteiger partial charge in [0.25, 0.3) is 0 Å². The second kappa shape index (κ2) is 9.00. The monoisotopic (exact) mass is 413 g/mol. The van der Waals surface area contributed by atoms with Crippen molar-refractivity contribution in [1.29, 1.82) is 10.5 Å². The van der Waals surface area contributed by atoms with Gasteiger partial charge in [-0.2, -0.15) is 10.5 Å². The standard InChI is InChI=1S/C26H31N5/c1-19-16-22(4-5-23(19)17-27)21-8-10-31(11-9-21)26-20(2)25(7-6-24(26)18-28)30-14-12-29(3)13-15-30/h4-7,16,21H,8-15H2,1-3H3. The largest absolute Gasteiger partial charge is 0.370 e. The van der Waals surface area contributed by atoms with Crippen molar-refractivity contribution in [1.82, 2.24) is 4.90 Å². The summed E-state index contributed by atoms with van der Waals surface area (Å²) >= 11 is 0. The van der Waals surface area contributed by atoms with Crippen LogP contribution < -0.4 is 9.80 Å².